The molecule has 0 saturated carbocycles. The lowest BCUT2D eigenvalue weighted by Crippen LogP contribution is -2.30. The summed E-state index contributed by atoms with van der Waals surface area (Å²) in [5.41, 5.74) is 12.4. The highest BCUT2D eigenvalue weighted by Gasteiger charge is 2.01. The molecule has 1 rings (SSSR count). The van der Waals surface area contributed by atoms with E-state index in [1.165, 1.54) is 7.11 Å². The lowest BCUT2D eigenvalue weighted by atomic mass is 10.2. The smallest absolute Gasteiger partial charge is 0.234 e. The van der Waals surface area contributed by atoms with Crippen LogP contribution in [0.25, 0.3) is 0 Å². The molecule has 1 aromatic rings. The van der Waals surface area contributed by atoms with E-state index < -0.39 is 0 Å². The molecule has 5 N–H and O–H groups in total. The highest BCUT2D eigenvalue weighted by atomic mass is 35.5. The summed E-state index contributed by atoms with van der Waals surface area (Å²) in [6, 6.07) is 3.55. The Morgan fingerprint density at radius 1 is 1.59 bits per heavy atom. The Morgan fingerprint density at radius 2 is 2.18 bits per heavy atom. The van der Waals surface area contributed by atoms with Gasteiger partial charge in [-0.15, -0.1) is 0 Å². The van der Waals surface area contributed by atoms with Crippen LogP contribution in [-0.2, 0) is 15.6 Å². The molecule has 7 heteroatoms. The molecule has 17 heavy (non-hydrogen) atoms. The van der Waals surface area contributed by atoms with Crippen molar-refractivity contribution >= 4 is 23.6 Å². The molecule has 0 aliphatic carbocycles. The second kappa shape index (κ2) is 8.74. The average Bonchev–Trinajstić information content (AvgIpc) is 2.28. The van der Waals surface area contributed by atoms with Crippen molar-refractivity contribution in [3.8, 4) is 0 Å². The number of hydrogen-bond acceptors (Lipinski definition) is 5. The maximum Gasteiger partial charge on any atom is 0.234 e. The summed E-state index contributed by atoms with van der Waals surface area (Å²) in [6.07, 6.45) is 0. The van der Waals surface area contributed by atoms with E-state index in [0.29, 0.717) is 12.4 Å². The van der Waals surface area contributed by atoms with E-state index in [9.17, 15) is 4.79 Å². The summed E-state index contributed by atoms with van der Waals surface area (Å²) in [4.78, 5) is 15.0. The molecule has 0 radical (unpaired) electrons. The largest absolute Gasteiger partial charge is 0.384 e. The normalized spacial score (nSPS) is 9.18. The fourth-order valence-electron chi connectivity index (χ4n) is 1.06. The zero-order valence-corrected chi connectivity index (χ0v) is 10.6. The molecule has 0 spiro atoms. The van der Waals surface area contributed by atoms with Gasteiger partial charge in [-0.25, -0.2) is 4.98 Å². The van der Waals surface area contributed by atoms with Crippen LogP contribution in [0.15, 0.2) is 12.1 Å². The zero-order chi connectivity index (χ0) is 13.3. The highest BCUT2D eigenvalue weighted by molar-refractivity contribution is 6.07. The highest BCUT2D eigenvalue weighted by Crippen LogP contribution is 2.07. The van der Waals surface area contributed by atoms with Gasteiger partial charge in [0, 0.05) is 12.2 Å². The molecule has 0 aliphatic heterocycles. The fourth-order valence-corrected chi connectivity index (χ4v) is 1.06. The maximum absolute atomic E-state index is 10.9. The predicted molar refractivity (Wildman–Crippen MR) is 67.1 cm³/mol. The van der Waals surface area contributed by atoms with E-state index in [-0.39, 0.29) is 12.5 Å². The molecule has 0 fully saturated rings. The molecule has 96 valence electrons. The first-order valence-electron chi connectivity index (χ1n) is 4.88. The minimum absolute atomic E-state index is 0.00144. The Balaban J connectivity index is 0.000000770. The van der Waals surface area contributed by atoms with Gasteiger partial charge in [0.25, 0.3) is 0 Å². The van der Waals surface area contributed by atoms with Crippen LogP contribution in [0.4, 0.5) is 5.82 Å². The third-order valence-electron chi connectivity index (χ3n) is 1.88. The Kier molecular flexibility index (Phi) is 8.04. The minimum atomic E-state index is -0.179. The van der Waals surface area contributed by atoms with Crippen molar-refractivity contribution in [1.29, 1.82) is 0 Å². The van der Waals surface area contributed by atoms with E-state index in [4.69, 9.17) is 11.5 Å². The maximum atomic E-state index is 10.9. The second-order valence-electron chi connectivity index (χ2n) is 3.12. The van der Waals surface area contributed by atoms with Crippen molar-refractivity contribution < 1.29 is 9.08 Å². The molecule has 0 bridgehead atoms. The number of nitrogen functional groups attached to an aromatic ring is 1. The number of pyridine rings is 1. The molecule has 0 atom stereocenters. The van der Waals surface area contributed by atoms with Gasteiger partial charge < -0.3 is 16.8 Å². The van der Waals surface area contributed by atoms with Crippen molar-refractivity contribution in [2.24, 2.45) is 5.73 Å². The SMILES string of the molecule is COCl.Cc1nc(N)ccc1CNC(=O)CN. The quantitative estimate of drug-likeness (QED) is 0.727. The van der Waals surface area contributed by atoms with Gasteiger partial charge in [0.05, 0.1) is 25.5 Å². The van der Waals surface area contributed by atoms with Crippen LogP contribution in [0, 0.1) is 6.92 Å². The number of amides is 1. The van der Waals surface area contributed by atoms with Gasteiger partial charge in [-0.2, -0.15) is 0 Å². The Morgan fingerprint density at radius 3 is 2.65 bits per heavy atom. The minimum Gasteiger partial charge on any atom is -0.384 e. The number of nitrogens with two attached hydrogens (primary N) is 2. The number of aromatic nitrogens is 1. The van der Waals surface area contributed by atoms with E-state index >= 15 is 0 Å². The summed E-state index contributed by atoms with van der Waals surface area (Å²) in [5.74, 6) is 0.303. The van der Waals surface area contributed by atoms with Crippen LogP contribution in [0.2, 0.25) is 0 Å². The number of carbonyl (C=O) groups is 1. The predicted octanol–water partition coefficient (Wildman–Crippen LogP) is 0.334. The van der Waals surface area contributed by atoms with Crippen LogP contribution in [0.3, 0.4) is 0 Å². The Hall–Kier alpha value is -1.37. The number of halogens is 1. The summed E-state index contributed by atoms with van der Waals surface area (Å²) in [6.45, 7) is 2.29. The van der Waals surface area contributed by atoms with E-state index in [1.807, 2.05) is 13.0 Å². The van der Waals surface area contributed by atoms with Gasteiger partial charge in [0.15, 0.2) is 0 Å². The third kappa shape index (κ3) is 6.72. The molecule has 0 aliphatic rings. The van der Waals surface area contributed by atoms with Gasteiger partial charge in [-0.05, 0) is 18.6 Å². The third-order valence-corrected chi connectivity index (χ3v) is 1.88. The van der Waals surface area contributed by atoms with Crippen molar-refractivity contribution in [3.05, 3.63) is 23.4 Å². The summed E-state index contributed by atoms with van der Waals surface area (Å²) >= 11 is 4.50. The summed E-state index contributed by atoms with van der Waals surface area (Å²) in [7, 11) is 1.39. The molecule has 1 amide bonds. The lowest BCUT2D eigenvalue weighted by molar-refractivity contribution is -0.119. The fraction of sp³-hybridized carbons (Fsp3) is 0.400. The molecule has 0 unspecified atom stereocenters. The monoisotopic (exact) mass is 260 g/mol. The zero-order valence-electron chi connectivity index (χ0n) is 9.87. The first kappa shape index (κ1) is 15.6. The first-order valence-corrected chi connectivity index (χ1v) is 5.19. The van der Waals surface area contributed by atoms with Crippen LogP contribution in [-0.4, -0.2) is 24.5 Å². The Labute approximate surface area is 105 Å². The molecule has 1 heterocycles. The number of nitrogens with zero attached hydrogens (tertiary/aromatic N) is 1. The molecule has 0 aromatic carbocycles. The van der Waals surface area contributed by atoms with Crippen LogP contribution >= 0.6 is 11.9 Å². The van der Waals surface area contributed by atoms with Gasteiger partial charge in [-0.1, -0.05) is 6.07 Å². The Bertz CT molecular complexity index is 360. The summed E-state index contributed by atoms with van der Waals surface area (Å²) in [5, 5.41) is 2.66. The number of nitrogens with one attached hydrogen (secondary N) is 1. The number of hydrogen-bond donors (Lipinski definition) is 3. The van der Waals surface area contributed by atoms with Crippen molar-refractivity contribution in [2.75, 3.05) is 19.4 Å². The molecular formula is C10H17ClN4O2. The van der Waals surface area contributed by atoms with Crippen LogP contribution in [0.1, 0.15) is 11.3 Å². The van der Waals surface area contributed by atoms with Crippen molar-refractivity contribution in [2.45, 2.75) is 13.5 Å². The lowest BCUT2D eigenvalue weighted by Gasteiger charge is -2.06. The average molecular weight is 261 g/mol. The van der Waals surface area contributed by atoms with Crippen LogP contribution in [0.5, 0.6) is 0 Å². The topological polar surface area (TPSA) is 103 Å². The van der Waals surface area contributed by atoms with Gasteiger partial charge in [-0.3, -0.25) is 9.08 Å². The number of rotatable bonds is 3. The number of aryl methyl sites for hydroxylation is 1. The van der Waals surface area contributed by atoms with Crippen LogP contribution < -0.4 is 16.8 Å². The molecule has 6 nitrogen and oxygen atoms in total. The summed E-state index contributed by atoms with van der Waals surface area (Å²) < 4.78 is 3.72. The first-order chi connectivity index (χ1) is 8.04. The number of carbonyl (C=O) groups excluding carboxylic acids is 1. The molecule has 1 aromatic heterocycles. The number of anilines is 1. The standard InChI is InChI=1S/C9H14N4O.CH3ClO/c1-6-7(2-3-8(11)13-6)5-12-9(14)4-10;1-3-2/h2-3H,4-5,10H2,1H3,(H2,11,13)(H,12,14);1H3. The molecular weight excluding hydrogens is 244 g/mol. The van der Waals surface area contributed by atoms with Gasteiger partial charge >= 0.3 is 0 Å². The van der Waals surface area contributed by atoms with E-state index in [1.54, 1.807) is 6.07 Å². The second-order valence-corrected chi connectivity index (χ2v) is 3.42. The van der Waals surface area contributed by atoms with E-state index in [2.05, 4.69) is 26.5 Å². The van der Waals surface area contributed by atoms with Gasteiger partial charge in [0.1, 0.15) is 5.82 Å². The van der Waals surface area contributed by atoms with Crippen molar-refractivity contribution in [1.82, 2.24) is 10.3 Å². The van der Waals surface area contributed by atoms with Gasteiger partial charge in [0.2, 0.25) is 5.91 Å². The van der Waals surface area contributed by atoms with Crippen molar-refractivity contribution in [3.63, 3.8) is 0 Å². The molecule has 0 saturated heterocycles. The van der Waals surface area contributed by atoms with E-state index in [0.717, 1.165) is 11.3 Å².